The van der Waals surface area contributed by atoms with Crippen LogP contribution in [0.25, 0.3) is 0 Å². The van der Waals surface area contributed by atoms with Gasteiger partial charge < -0.3 is 10.1 Å². The SMILES string of the molecule is Cc1ccccc1C(C)NC(=O)C(C)OCc1ccccc1. The number of benzene rings is 2. The van der Waals surface area contributed by atoms with E-state index in [4.69, 9.17) is 4.74 Å². The van der Waals surface area contributed by atoms with E-state index in [0.717, 1.165) is 11.1 Å². The molecule has 0 spiro atoms. The van der Waals surface area contributed by atoms with Crippen LogP contribution < -0.4 is 5.32 Å². The monoisotopic (exact) mass is 297 g/mol. The van der Waals surface area contributed by atoms with Crippen molar-refractivity contribution in [1.29, 1.82) is 0 Å². The second-order valence-electron chi connectivity index (χ2n) is 5.53. The first-order valence-electron chi connectivity index (χ1n) is 7.59. The van der Waals surface area contributed by atoms with E-state index < -0.39 is 6.10 Å². The molecule has 2 unspecified atom stereocenters. The molecule has 1 N–H and O–H groups in total. The molecule has 0 aliphatic heterocycles. The first kappa shape index (κ1) is 16.2. The van der Waals surface area contributed by atoms with Crippen LogP contribution in [0.2, 0.25) is 0 Å². The zero-order valence-electron chi connectivity index (χ0n) is 13.4. The molecule has 0 saturated carbocycles. The Morgan fingerprint density at radius 3 is 2.36 bits per heavy atom. The van der Waals surface area contributed by atoms with Gasteiger partial charge in [-0.05, 0) is 37.5 Å². The maximum atomic E-state index is 12.2. The number of ether oxygens (including phenoxy) is 1. The number of hydrogen-bond donors (Lipinski definition) is 1. The Hall–Kier alpha value is -2.13. The highest BCUT2D eigenvalue weighted by Crippen LogP contribution is 2.17. The second kappa shape index (κ2) is 7.76. The van der Waals surface area contributed by atoms with Crippen LogP contribution in [-0.2, 0) is 16.1 Å². The second-order valence-corrected chi connectivity index (χ2v) is 5.53. The normalized spacial score (nSPS) is 13.4. The number of carbonyl (C=O) groups excluding carboxylic acids is 1. The minimum Gasteiger partial charge on any atom is -0.364 e. The lowest BCUT2D eigenvalue weighted by Crippen LogP contribution is -2.36. The molecule has 2 atom stereocenters. The van der Waals surface area contributed by atoms with Gasteiger partial charge in [0, 0.05) is 0 Å². The average molecular weight is 297 g/mol. The molecule has 3 nitrogen and oxygen atoms in total. The summed E-state index contributed by atoms with van der Waals surface area (Å²) in [5, 5.41) is 3.01. The summed E-state index contributed by atoms with van der Waals surface area (Å²) in [4.78, 5) is 12.2. The van der Waals surface area contributed by atoms with E-state index in [1.165, 1.54) is 5.56 Å². The largest absolute Gasteiger partial charge is 0.364 e. The number of carbonyl (C=O) groups is 1. The van der Waals surface area contributed by atoms with Gasteiger partial charge in [-0.25, -0.2) is 0 Å². The maximum Gasteiger partial charge on any atom is 0.249 e. The van der Waals surface area contributed by atoms with Gasteiger partial charge in [0.15, 0.2) is 0 Å². The number of hydrogen-bond acceptors (Lipinski definition) is 2. The van der Waals surface area contributed by atoms with Gasteiger partial charge in [0.1, 0.15) is 6.10 Å². The Balaban J connectivity index is 1.87. The van der Waals surface area contributed by atoms with Gasteiger partial charge in [0.25, 0.3) is 0 Å². The van der Waals surface area contributed by atoms with E-state index >= 15 is 0 Å². The van der Waals surface area contributed by atoms with Crippen molar-refractivity contribution in [2.75, 3.05) is 0 Å². The highest BCUT2D eigenvalue weighted by Gasteiger charge is 2.17. The summed E-state index contributed by atoms with van der Waals surface area (Å²) in [7, 11) is 0. The highest BCUT2D eigenvalue weighted by atomic mass is 16.5. The van der Waals surface area contributed by atoms with Crippen LogP contribution in [0.5, 0.6) is 0 Å². The van der Waals surface area contributed by atoms with Gasteiger partial charge in [0.05, 0.1) is 12.6 Å². The third-order valence-electron chi connectivity index (χ3n) is 3.73. The molecule has 0 fully saturated rings. The molecule has 0 aliphatic rings. The molecule has 116 valence electrons. The number of aryl methyl sites for hydroxylation is 1. The lowest BCUT2D eigenvalue weighted by molar-refractivity contribution is -0.133. The van der Waals surface area contributed by atoms with Crippen LogP contribution >= 0.6 is 0 Å². The third kappa shape index (κ3) is 4.43. The summed E-state index contributed by atoms with van der Waals surface area (Å²) in [6, 6.07) is 17.9. The zero-order chi connectivity index (χ0) is 15.9. The number of nitrogens with one attached hydrogen (secondary N) is 1. The molecule has 2 aromatic carbocycles. The molecule has 0 aromatic heterocycles. The number of rotatable bonds is 6. The van der Waals surface area contributed by atoms with Crippen molar-refractivity contribution in [3.8, 4) is 0 Å². The summed E-state index contributed by atoms with van der Waals surface area (Å²) in [5.74, 6) is -0.0910. The Morgan fingerprint density at radius 1 is 1.05 bits per heavy atom. The third-order valence-corrected chi connectivity index (χ3v) is 3.73. The molecule has 0 heterocycles. The fourth-order valence-corrected chi connectivity index (χ4v) is 2.35. The van der Waals surface area contributed by atoms with Gasteiger partial charge in [-0.2, -0.15) is 0 Å². The molecule has 1 amide bonds. The lowest BCUT2D eigenvalue weighted by atomic mass is 10.0. The summed E-state index contributed by atoms with van der Waals surface area (Å²) in [5.41, 5.74) is 3.37. The first-order chi connectivity index (χ1) is 10.6. The Morgan fingerprint density at radius 2 is 1.68 bits per heavy atom. The van der Waals surface area contributed by atoms with Gasteiger partial charge in [-0.1, -0.05) is 54.6 Å². The van der Waals surface area contributed by atoms with Crippen molar-refractivity contribution in [2.24, 2.45) is 0 Å². The fourth-order valence-electron chi connectivity index (χ4n) is 2.35. The van der Waals surface area contributed by atoms with Crippen molar-refractivity contribution in [1.82, 2.24) is 5.32 Å². The molecular weight excluding hydrogens is 274 g/mol. The smallest absolute Gasteiger partial charge is 0.249 e. The van der Waals surface area contributed by atoms with Crippen LogP contribution in [0, 0.1) is 6.92 Å². The molecule has 2 rings (SSSR count). The van der Waals surface area contributed by atoms with E-state index in [9.17, 15) is 4.79 Å². The Kier molecular flexibility index (Phi) is 5.73. The van der Waals surface area contributed by atoms with E-state index in [-0.39, 0.29) is 11.9 Å². The van der Waals surface area contributed by atoms with E-state index in [2.05, 4.69) is 5.32 Å². The molecule has 0 aliphatic carbocycles. The Bertz CT molecular complexity index is 610. The summed E-state index contributed by atoms with van der Waals surface area (Å²) in [6.45, 7) is 6.26. The minimum absolute atomic E-state index is 0.0310. The van der Waals surface area contributed by atoms with Crippen LogP contribution in [0.1, 0.15) is 36.6 Å². The van der Waals surface area contributed by atoms with Crippen LogP contribution in [0.4, 0.5) is 0 Å². The molecule has 0 bridgehead atoms. The summed E-state index contributed by atoms with van der Waals surface area (Å²) >= 11 is 0. The van der Waals surface area contributed by atoms with Crippen molar-refractivity contribution in [3.05, 3.63) is 71.3 Å². The summed E-state index contributed by atoms with van der Waals surface area (Å²) < 4.78 is 5.64. The zero-order valence-corrected chi connectivity index (χ0v) is 13.4. The quantitative estimate of drug-likeness (QED) is 0.881. The van der Waals surface area contributed by atoms with Crippen LogP contribution in [-0.4, -0.2) is 12.0 Å². The predicted molar refractivity (Wildman–Crippen MR) is 88.4 cm³/mol. The van der Waals surface area contributed by atoms with Gasteiger partial charge in [0.2, 0.25) is 5.91 Å². The molecule has 2 aromatic rings. The van der Waals surface area contributed by atoms with Crippen molar-refractivity contribution < 1.29 is 9.53 Å². The van der Waals surface area contributed by atoms with Gasteiger partial charge >= 0.3 is 0 Å². The standard InChI is InChI=1S/C19H23NO2/c1-14-9-7-8-12-18(14)15(2)20-19(21)16(3)22-13-17-10-5-4-6-11-17/h4-12,15-16H,13H2,1-3H3,(H,20,21). The molecular formula is C19H23NO2. The van der Waals surface area contributed by atoms with Crippen molar-refractivity contribution in [3.63, 3.8) is 0 Å². The minimum atomic E-state index is -0.480. The molecule has 3 heteroatoms. The van der Waals surface area contributed by atoms with Crippen LogP contribution in [0.15, 0.2) is 54.6 Å². The van der Waals surface area contributed by atoms with Gasteiger partial charge in [-0.15, -0.1) is 0 Å². The lowest BCUT2D eigenvalue weighted by Gasteiger charge is -2.19. The predicted octanol–water partition coefficient (Wildman–Crippen LogP) is 3.78. The highest BCUT2D eigenvalue weighted by molar-refractivity contribution is 5.80. The van der Waals surface area contributed by atoms with Crippen molar-refractivity contribution >= 4 is 5.91 Å². The average Bonchev–Trinajstić information content (AvgIpc) is 2.53. The molecule has 0 radical (unpaired) electrons. The van der Waals surface area contributed by atoms with E-state index in [1.807, 2.05) is 68.4 Å². The molecule has 22 heavy (non-hydrogen) atoms. The molecule has 0 saturated heterocycles. The fraction of sp³-hybridized carbons (Fsp3) is 0.316. The van der Waals surface area contributed by atoms with E-state index in [1.54, 1.807) is 6.92 Å². The first-order valence-corrected chi connectivity index (χ1v) is 7.59. The summed E-state index contributed by atoms with van der Waals surface area (Å²) in [6.07, 6.45) is -0.480. The van der Waals surface area contributed by atoms with Gasteiger partial charge in [-0.3, -0.25) is 4.79 Å². The van der Waals surface area contributed by atoms with E-state index in [0.29, 0.717) is 6.61 Å². The Labute approximate surface area is 132 Å². The van der Waals surface area contributed by atoms with Crippen molar-refractivity contribution in [2.45, 2.75) is 39.5 Å². The maximum absolute atomic E-state index is 12.2. The topological polar surface area (TPSA) is 38.3 Å². The number of amides is 1. The van der Waals surface area contributed by atoms with Crippen LogP contribution in [0.3, 0.4) is 0 Å².